The smallest absolute Gasteiger partial charge is 0.192 e. The van der Waals surface area contributed by atoms with E-state index in [-0.39, 0.29) is 36.3 Å². The first-order valence-electron chi connectivity index (χ1n) is 18.3. The average Bonchev–Trinajstić information content (AvgIpc) is 3.06. The Morgan fingerprint density at radius 3 is 2.02 bits per heavy atom. The van der Waals surface area contributed by atoms with E-state index in [0.29, 0.717) is 19.4 Å². The third-order valence-electron chi connectivity index (χ3n) is 11.6. The Balaban J connectivity index is 1.45. The van der Waals surface area contributed by atoms with Crippen molar-refractivity contribution in [3.63, 3.8) is 0 Å². The number of fused-ring (bicyclic) bond motifs is 1. The highest BCUT2D eigenvalue weighted by atomic mass is 28.4. The summed E-state index contributed by atoms with van der Waals surface area (Å²) in [6.07, 6.45) is 1.19. The molecule has 0 aliphatic carbocycles. The lowest BCUT2D eigenvalue weighted by atomic mass is 9.79. The van der Waals surface area contributed by atoms with E-state index in [1.54, 1.807) is 7.11 Å². The predicted octanol–water partition coefficient (Wildman–Crippen LogP) is 8.04. The largest absolute Gasteiger partial charge is 0.497 e. The highest BCUT2D eigenvalue weighted by molar-refractivity contribution is 6.74. The molecule has 0 saturated carbocycles. The summed E-state index contributed by atoms with van der Waals surface area (Å²) >= 11 is 0. The minimum Gasteiger partial charge on any atom is -0.497 e. The fourth-order valence-electron chi connectivity index (χ4n) is 8.18. The Labute approximate surface area is 281 Å². The fourth-order valence-corrected chi connectivity index (χ4v) is 13.7. The Kier molecular flexibility index (Phi) is 13.8. The third kappa shape index (κ3) is 8.66. The van der Waals surface area contributed by atoms with Crippen LogP contribution in [0, 0.1) is 11.8 Å². The van der Waals surface area contributed by atoms with Crippen molar-refractivity contribution in [3.8, 4) is 5.75 Å². The number of aliphatic hydroxyl groups excluding tert-OH is 1. The molecule has 0 radical (unpaired) electrons. The predicted molar refractivity (Wildman–Crippen MR) is 187 cm³/mol. The van der Waals surface area contributed by atoms with E-state index in [0.717, 1.165) is 67.0 Å². The second kappa shape index (κ2) is 16.7. The topological polar surface area (TPSA) is 84.8 Å². The quantitative estimate of drug-likeness (QED) is 0.176. The van der Waals surface area contributed by atoms with Crippen LogP contribution < -0.4 is 4.74 Å². The highest BCUT2D eigenvalue weighted by Crippen LogP contribution is 2.48. The summed E-state index contributed by atoms with van der Waals surface area (Å²) in [6.45, 7) is 19.2. The Morgan fingerprint density at radius 2 is 1.46 bits per heavy atom. The summed E-state index contributed by atoms with van der Waals surface area (Å²) in [5.41, 5.74) is 1.02. The van der Waals surface area contributed by atoms with E-state index in [1.807, 2.05) is 24.3 Å². The van der Waals surface area contributed by atoms with Crippen LogP contribution in [0.5, 0.6) is 5.75 Å². The van der Waals surface area contributed by atoms with Crippen LogP contribution in [0.2, 0.25) is 36.3 Å². The lowest BCUT2D eigenvalue weighted by molar-refractivity contribution is -0.404. The summed E-state index contributed by atoms with van der Waals surface area (Å²) in [4.78, 5) is 0. The number of benzene rings is 1. The highest BCUT2D eigenvalue weighted by Gasteiger charge is 2.56. The molecule has 4 rings (SSSR count). The molecule has 1 spiro atoms. The van der Waals surface area contributed by atoms with Gasteiger partial charge in [0.25, 0.3) is 0 Å². The standard InChI is InChI=1S/C36H64O8Si2/c1-10-45(11-2,12-3)40-21-20-30-31(44-46(13-4,14-5)15-6)22-32-33(41-30)26(7)23-36(42-32)24-27(8)34(35(37)43-36)39-25-28-16-18-29(38-9)19-17-28/h16-19,26-27,30-35,37H,10-15,20-25H2,1-9H3/t26-,27-,30+,31+,32-,33-,34-,35?,36?/m0/s1. The number of rotatable bonds is 16. The molecule has 2 unspecified atom stereocenters. The van der Waals surface area contributed by atoms with Crippen LogP contribution in [0.1, 0.15) is 86.6 Å². The number of hydrogen-bond acceptors (Lipinski definition) is 8. The van der Waals surface area contributed by atoms with Gasteiger partial charge in [0, 0.05) is 25.9 Å². The van der Waals surface area contributed by atoms with Gasteiger partial charge >= 0.3 is 0 Å². The molecule has 1 aromatic rings. The van der Waals surface area contributed by atoms with Crippen LogP contribution in [-0.4, -0.2) is 78.1 Å². The number of methoxy groups -OCH3 is 1. The third-order valence-corrected chi connectivity index (χ3v) is 21.0. The molecule has 3 aliphatic rings. The molecule has 1 aromatic carbocycles. The van der Waals surface area contributed by atoms with Gasteiger partial charge in [-0.05, 0) is 72.2 Å². The first-order chi connectivity index (χ1) is 22.0. The van der Waals surface area contributed by atoms with Crippen LogP contribution >= 0.6 is 0 Å². The van der Waals surface area contributed by atoms with Gasteiger partial charge in [0.15, 0.2) is 28.7 Å². The van der Waals surface area contributed by atoms with Crippen molar-refractivity contribution in [2.75, 3.05) is 13.7 Å². The van der Waals surface area contributed by atoms with Crippen LogP contribution in [0.3, 0.4) is 0 Å². The van der Waals surface area contributed by atoms with E-state index in [9.17, 15) is 5.11 Å². The van der Waals surface area contributed by atoms with Crippen LogP contribution in [0.4, 0.5) is 0 Å². The molecule has 10 heteroatoms. The minimum atomic E-state index is -1.90. The van der Waals surface area contributed by atoms with Crippen LogP contribution in [0.25, 0.3) is 0 Å². The molecule has 264 valence electrons. The lowest BCUT2D eigenvalue weighted by Crippen LogP contribution is -2.64. The molecule has 0 amide bonds. The molecule has 3 heterocycles. The van der Waals surface area contributed by atoms with Gasteiger partial charge in [0.05, 0.1) is 38.1 Å². The van der Waals surface area contributed by atoms with Gasteiger partial charge in [-0.1, -0.05) is 67.5 Å². The maximum atomic E-state index is 11.3. The van der Waals surface area contributed by atoms with Gasteiger partial charge in [-0.2, -0.15) is 0 Å². The van der Waals surface area contributed by atoms with Crippen molar-refractivity contribution >= 4 is 16.6 Å². The van der Waals surface area contributed by atoms with E-state index in [2.05, 4.69) is 55.4 Å². The van der Waals surface area contributed by atoms with Gasteiger partial charge < -0.3 is 37.6 Å². The van der Waals surface area contributed by atoms with Crippen molar-refractivity contribution < 1.29 is 37.6 Å². The van der Waals surface area contributed by atoms with Gasteiger partial charge in [0.1, 0.15) is 11.9 Å². The monoisotopic (exact) mass is 680 g/mol. The molecule has 46 heavy (non-hydrogen) atoms. The zero-order valence-corrected chi connectivity index (χ0v) is 32.2. The van der Waals surface area contributed by atoms with Crippen molar-refractivity contribution in [1.82, 2.24) is 0 Å². The summed E-state index contributed by atoms with van der Waals surface area (Å²) < 4.78 is 45.7. The molecule has 3 saturated heterocycles. The summed E-state index contributed by atoms with van der Waals surface area (Å²) in [6, 6.07) is 14.5. The van der Waals surface area contributed by atoms with Crippen LogP contribution in [0.15, 0.2) is 24.3 Å². The second-order valence-electron chi connectivity index (χ2n) is 14.2. The molecule has 3 fully saturated rings. The van der Waals surface area contributed by atoms with Crippen LogP contribution in [-0.2, 0) is 34.4 Å². The average molecular weight is 681 g/mol. The lowest BCUT2D eigenvalue weighted by Gasteiger charge is -2.56. The van der Waals surface area contributed by atoms with E-state index < -0.39 is 34.8 Å². The zero-order valence-electron chi connectivity index (χ0n) is 30.2. The van der Waals surface area contributed by atoms with Crippen molar-refractivity contribution in [2.24, 2.45) is 11.8 Å². The first kappa shape index (κ1) is 38.0. The normalized spacial score (nSPS) is 33.6. The Bertz CT molecular complexity index is 1020. The molecule has 8 nitrogen and oxygen atoms in total. The molecular weight excluding hydrogens is 617 g/mol. The molecular formula is C36H64O8Si2. The van der Waals surface area contributed by atoms with Gasteiger partial charge in [-0.15, -0.1) is 0 Å². The zero-order chi connectivity index (χ0) is 33.5. The number of ether oxygens (including phenoxy) is 5. The van der Waals surface area contributed by atoms with E-state index >= 15 is 0 Å². The Morgan fingerprint density at radius 1 is 0.848 bits per heavy atom. The van der Waals surface area contributed by atoms with Gasteiger partial charge in [-0.25, -0.2) is 0 Å². The summed E-state index contributed by atoms with van der Waals surface area (Å²) in [5.74, 6) is 0.196. The molecule has 9 atom stereocenters. The maximum Gasteiger partial charge on any atom is 0.192 e. The summed E-state index contributed by atoms with van der Waals surface area (Å²) in [5, 5.41) is 11.3. The van der Waals surface area contributed by atoms with Crippen molar-refractivity contribution in [3.05, 3.63) is 29.8 Å². The van der Waals surface area contributed by atoms with E-state index in [1.165, 1.54) is 0 Å². The molecule has 0 aromatic heterocycles. The molecule has 3 aliphatic heterocycles. The number of aliphatic hydroxyl groups is 1. The number of hydrogen-bond donors (Lipinski definition) is 1. The molecule has 0 bridgehead atoms. The van der Waals surface area contributed by atoms with Crippen molar-refractivity contribution in [1.29, 1.82) is 0 Å². The molecule has 1 N–H and O–H groups in total. The second-order valence-corrected chi connectivity index (χ2v) is 23.7. The SMILES string of the molecule is CC[Si](CC)(CC)OCC[C@H]1O[C@@H]2[C@H](C[C@H]1O[Si](CC)(CC)CC)OC1(C[C@@H]2C)C[C@H](C)[C@H](OCc2ccc(OC)cc2)C(O)O1. The van der Waals surface area contributed by atoms with Crippen molar-refractivity contribution in [2.45, 2.75) is 167 Å². The fraction of sp³-hybridized carbons (Fsp3) is 0.833. The summed E-state index contributed by atoms with van der Waals surface area (Å²) in [7, 11) is -1.93. The van der Waals surface area contributed by atoms with E-state index in [4.69, 9.17) is 32.5 Å². The first-order valence-corrected chi connectivity index (χ1v) is 23.3. The van der Waals surface area contributed by atoms with Gasteiger partial charge in [0.2, 0.25) is 0 Å². The maximum absolute atomic E-state index is 11.3. The Hall–Kier alpha value is -0.826. The van der Waals surface area contributed by atoms with Gasteiger partial charge in [-0.3, -0.25) is 0 Å². The minimum absolute atomic E-state index is 0.0114.